The zero-order valence-corrected chi connectivity index (χ0v) is 11.3. The maximum absolute atomic E-state index is 12.1. The van der Waals surface area contributed by atoms with E-state index in [0.717, 1.165) is 28.5 Å². The van der Waals surface area contributed by atoms with Crippen molar-refractivity contribution in [3.8, 4) is 11.5 Å². The van der Waals surface area contributed by atoms with Gasteiger partial charge in [0.2, 0.25) is 6.79 Å². The number of ketones is 1. The number of hydrogen-bond acceptors (Lipinski definition) is 4. The number of carbonyl (C=O) groups is 1. The van der Waals surface area contributed by atoms with Gasteiger partial charge in [0.25, 0.3) is 0 Å². The van der Waals surface area contributed by atoms with E-state index in [1.807, 2.05) is 42.5 Å². The molecule has 4 rings (SSSR count). The van der Waals surface area contributed by atoms with E-state index in [1.54, 1.807) is 0 Å². The minimum Gasteiger partial charge on any atom is -0.454 e. The molecular formula is C17H13NO3. The van der Waals surface area contributed by atoms with Crippen molar-refractivity contribution in [3.63, 3.8) is 0 Å². The number of fused-ring (bicyclic) bond motifs is 2. The van der Waals surface area contributed by atoms with Crippen LogP contribution in [0.2, 0.25) is 0 Å². The number of hydrogen-bond donors (Lipinski definition) is 0. The van der Waals surface area contributed by atoms with Crippen LogP contribution in [0, 0.1) is 0 Å². The summed E-state index contributed by atoms with van der Waals surface area (Å²) in [6.45, 7) is 0.269. The molecule has 2 aliphatic heterocycles. The minimum atomic E-state index is 0.136. The van der Waals surface area contributed by atoms with Crippen molar-refractivity contribution in [3.05, 3.63) is 53.6 Å². The molecule has 2 aromatic carbocycles. The molecule has 4 nitrogen and oxygen atoms in total. The summed E-state index contributed by atoms with van der Waals surface area (Å²) >= 11 is 0. The van der Waals surface area contributed by atoms with Crippen LogP contribution >= 0.6 is 0 Å². The first-order valence-electron chi connectivity index (χ1n) is 6.87. The topological polar surface area (TPSA) is 47.9 Å². The third kappa shape index (κ3) is 2.18. The van der Waals surface area contributed by atoms with Crippen LogP contribution in [0.4, 0.5) is 5.69 Å². The molecule has 0 saturated carbocycles. The molecule has 0 aromatic heterocycles. The SMILES string of the molecule is O=C1CC(Cc2ccc3c(c2)OCO3)=Nc2ccccc21. The van der Waals surface area contributed by atoms with E-state index < -0.39 is 0 Å². The molecule has 21 heavy (non-hydrogen) atoms. The Morgan fingerprint density at radius 2 is 1.90 bits per heavy atom. The molecule has 0 radical (unpaired) electrons. The van der Waals surface area contributed by atoms with E-state index in [-0.39, 0.29) is 12.6 Å². The number of rotatable bonds is 2. The first kappa shape index (κ1) is 12.1. The number of Topliss-reactive ketones (excluding diaryl/α,β-unsaturated/α-hetero) is 1. The number of ether oxygens (including phenoxy) is 2. The lowest BCUT2D eigenvalue weighted by Crippen LogP contribution is -2.15. The zero-order valence-electron chi connectivity index (χ0n) is 11.3. The monoisotopic (exact) mass is 279 g/mol. The lowest BCUT2D eigenvalue weighted by atomic mass is 9.96. The van der Waals surface area contributed by atoms with Crippen molar-refractivity contribution < 1.29 is 14.3 Å². The van der Waals surface area contributed by atoms with Gasteiger partial charge >= 0.3 is 0 Å². The second-order valence-corrected chi connectivity index (χ2v) is 5.16. The highest BCUT2D eigenvalue weighted by molar-refractivity contribution is 6.16. The van der Waals surface area contributed by atoms with Gasteiger partial charge in [0.15, 0.2) is 17.3 Å². The normalized spacial score (nSPS) is 15.6. The molecule has 104 valence electrons. The van der Waals surface area contributed by atoms with E-state index in [4.69, 9.17) is 9.47 Å². The molecule has 0 atom stereocenters. The molecule has 0 unspecified atom stereocenters. The van der Waals surface area contributed by atoms with Crippen molar-refractivity contribution in [1.82, 2.24) is 0 Å². The summed E-state index contributed by atoms with van der Waals surface area (Å²) in [6, 6.07) is 13.3. The fourth-order valence-electron chi connectivity index (χ4n) is 2.69. The van der Waals surface area contributed by atoms with Crippen molar-refractivity contribution >= 4 is 17.2 Å². The van der Waals surface area contributed by atoms with Gasteiger partial charge in [-0.25, -0.2) is 0 Å². The average Bonchev–Trinajstić information content (AvgIpc) is 2.95. The summed E-state index contributed by atoms with van der Waals surface area (Å²) in [5.41, 5.74) is 3.44. The Balaban J connectivity index is 1.63. The molecule has 0 aliphatic carbocycles. The van der Waals surface area contributed by atoms with Crippen molar-refractivity contribution in [1.29, 1.82) is 0 Å². The maximum atomic E-state index is 12.1. The van der Waals surface area contributed by atoms with Gasteiger partial charge < -0.3 is 9.47 Å². The molecule has 2 aromatic rings. The molecule has 0 saturated heterocycles. The van der Waals surface area contributed by atoms with Crippen LogP contribution in [-0.2, 0) is 6.42 Å². The summed E-state index contributed by atoms with van der Waals surface area (Å²) in [5.74, 6) is 1.66. The molecule has 4 heteroatoms. The van der Waals surface area contributed by atoms with Crippen molar-refractivity contribution in [2.45, 2.75) is 12.8 Å². The number of carbonyl (C=O) groups excluding carboxylic acids is 1. The highest BCUT2D eigenvalue weighted by Crippen LogP contribution is 2.33. The Kier molecular flexibility index (Phi) is 2.74. The largest absolute Gasteiger partial charge is 0.454 e. The van der Waals surface area contributed by atoms with E-state index in [2.05, 4.69) is 4.99 Å². The molecule has 0 bridgehead atoms. The Hall–Kier alpha value is -2.62. The summed E-state index contributed by atoms with van der Waals surface area (Å²) < 4.78 is 10.7. The van der Waals surface area contributed by atoms with E-state index >= 15 is 0 Å². The van der Waals surface area contributed by atoms with Gasteiger partial charge in [-0.3, -0.25) is 9.79 Å². The highest BCUT2D eigenvalue weighted by Gasteiger charge is 2.20. The number of nitrogens with zero attached hydrogens (tertiary/aromatic N) is 1. The van der Waals surface area contributed by atoms with Gasteiger partial charge in [0, 0.05) is 24.1 Å². The Bertz CT molecular complexity index is 764. The van der Waals surface area contributed by atoms with E-state index in [1.165, 1.54) is 0 Å². The predicted molar refractivity (Wildman–Crippen MR) is 78.8 cm³/mol. The third-order valence-electron chi connectivity index (χ3n) is 3.69. The first-order valence-corrected chi connectivity index (χ1v) is 6.87. The second kappa shape index (κ2) is 4.74. The standard InChI is InChI=1S/C17H13NO3/c19-15-9-12(18-14-4-2-1-3-13(14)15)7-11-5-6-16-17(8-11)21-10-20-16/h1-6,8H,7,9-10H2. The lowest BCUT2D eigenvalue weighted by Gasteiger charge is -2.14. The summed E-state index contributed by atoms with van der Waals surface area (Å²) in [4.78, 5) is 16.8. The molecule has 2 heterocycles. The minimum absolute atomic E-state index is 0.136. The van der Waals surface area contributed by atoms with Gasteiger partial charge in [-0.1, -0.05) is 18.2 Å². The molecular weight excluding hydrogens is 266 g/mol. The molecule has 0 fully saturated rings. The first-order chi connectivity index (χ1) is 10.3. The molecule has 0 N–H and O–H groups in total. The number of aliphatic imine (C=N–C) groups is 1. The van der Waals surface area contributed by atoms with Gasteiger partial charge in [-0.05, 0) is 29.8 Å². The van der Waals surface area contributed by atoms with Crippen LogP contribution in [0.1, 0.15) is 22.3 Å². The maximum Gasteiger partial charge on any atom is 0.231 e. The molecule has 2 aliphatic rings. The van der Waals surface area contributed by atoms with E-state index in [0.29, 0.717) is 18.4 Å². The summed E-state index contributed by atoms with van der Waals surface area (Å²) in [6.07, 6.45) is 1.03. The van der Waals surface area contributed by atoms with Gasteiger partial charge in [-0.15, -0.1) is 0 Å². The summed E-state index contributed by atoms with van der Waals surface area (Å²) in [5, 5.41) is 0. The third-order valence-corrected chi connectivity index (χ3v) is 3.69. The average molecular weight is 279 g/mol. The van der Waals surface area contributed by atoms with Crippen LogP contribution < -0.4 is 9.47 Å². The second-order valence-electron chi connectivity index (χ2n) is 5.16. The van der Waals surface area contributed by atoms with Crippen molar-refractivity contribution in [2.24, 2.45) is 4.99 Å². The lowest BCUT2D eigenvalue weighted by molar-refractivity contribution is 0.0999. The van der Waals surface area contributed by atoms with Crippen LogP contribution in [0.25, 0.3) is 0 Å². The Morgan fingerprint density at radius 1 is 1.05 bits per heavy atom. The van der Waals surface area contributed by atoms with Crippen LogP contribution in [0.15, 0.2) is 47.5 Å². The van der Waals surface area contributed by atoms with Gasteiger partial charge in [0.05, 0.1) is 5.69 Å². The fourth-order valence-corrected chi connectivity index (χ4v) is 2.69. The van der Waals surface area contributed by atoms with Gasteiger partial charge in [0.1, 0.15) is 0 Å². The van der Waals surface area contributed by atoms with Crippen LogP contribution in [0.3, 0.4) is 0 Å². The predicted octanol–water partition coefficient (Wildman–Crippen LogP) is 3.32. The zero-order chi connectivity index (χ0) is 14.2. The Labute approximate surface area is 122 Å². The van der Waals surface area contributed by atoms with Crippen LogP contribution in [0.5, 0.6) is 11.5 Å². The molecule has 0 amide bonds. The number of para-hydroxylation sites is 1. The smallest absolute Gasteiger partial charge is 0.231 e. The fraction of sp³-hybridized carbons (Fsp3) is 0.176. The Morgan fingerprint density at radius 3 is 2.86 bits per heavy atom. The highest BCUT2D eigenvalue weighted by atomic mass is 16.7. The summed E-state index contributed by atoms with van der Waals surface area (Å²) in [7, 11) is 0. The molecule has 0 spiro atoms. The van der Waals surface area contributed by atoms with Gasteiger partial charge in [-0.2, -0.15) is 0 Å². The van der Waals surface area contributed by atoms with E-state index in [9.17, 15) is 4.79 Å². The number of benzene rings is 2. The quantitative estimate of drug-likeness (QED) is 0.847. The van der Waals surface area contributed by atoms with Crippen molar-refractivity contribution in [2.75, 3.05) is 6.79 Å². The van der Waals surface area contributed by atoms with Crippen LogP contribution in [-0.4, -0.2) is 18.3 Å².